The molecule has 0 unspecified atom stereocenters. The summed E-state index contributed by atoms with van der Waals surface area (Å²) in [5.41, 5.74) is 4.83. The molecule has 1 atom stereocenters. The fourth-order valence-electron chi connectivity index (χ4n) is 2.99. The van der Waals surface area contributed by atoms with E-state index in [4.69, 9.17) is 0 Å². The molecule has 0 saturated heterocycles. The van der Waals surface area contributed by atoms with Crippen molar-refractivity contribution in [3.05, 3.63) is 107 Å². The van der Waals surface area contributed by atoms with E-state index in [9.17, 15) is 8.42 Å². The molecule has 4 heteroatoms. The molecular weight excluding hydrogens is 342 g/mol. The largest absolute Gasteiger partial charge is 0.216 e. The minimum atomic E-state index is -3.51. The van der Waals surface area contributed by atoms with Gasteiger partial charge in [0.1, 0.15) is 0 Å². The molecule has 3 nitrogen and oxygen atoms in total. The van der Waals surface area contributed by atoms with Gasteiger partial charge in [0, 0.05) is 0 Å². The predicted molar refractivity (Wildman–Crippen MR) is 106 cm³/mol. The zero-order chi connectivity index (χ0) is 18.6. The van der Waals surface area contributed by atoms with E-state index in [-0.39, 0.29) is 5.75 Å². The summed E-state index contributed by atoms with van der Waals surface area (Å²) in [4.78, 5) is 0. The van der Waals surface area contributed by atoms with Gasteiger partial charge in [-0.05, 0) is 36.1 Å². The van der Waals surface area contributed by atoms with Gasteiger partial charge in [0.05, 0.1) is 11.8 Å². The van der Waals surface area contributed by atoms with Crippen LogP contribution < -0.4 is 4.72 Å². The molecule has 0 aliphatic rings. The van der Waals surface area contributed by atoms with Crippen LogP contribution in [-0.4, -0.2) is 8.42 Å². The lowest BCUT2D eigenvalue weighted by molar-refractivity contribution is 0.571. The molecule has 0 spiro atoms. The van der Waals surface area contributed by atoms with Crippen molar-refractivity contribution in [3.8, 4) is 0 Å². The Morgan fingerprint density at radius 2 is 1.42 bits per heavy atom. The van der Waals surface area contributed by atoms with Crippen molar-refractivity contribution in [1.29, 1.82) is 0 Å². The molecule has 0 saturated carbocycles. The Morgan fingerprint density at radius 3 is 2.08 bits per heavy atom. The molecule has 26 heavy (non-hydrogen) atoms. The standard InChI is InChI=1S/C22H23NO2S/c1-17-12-14-19(15-13-17)16-26(24,25)23-22(20-9-4-3-5-10-20)21-11-7-6-8-18(21)2/h3-15,22-23H,16H2,1-2H3/t22-/m0/s1. The molecule has 0 heterocycles. The molecule has 0 radical (unpaired) electrons. The van der Waals surface area contributed by atoms with Gasteiger partial charge in [-0.3, -0.25) is 0 Å². The Hall–Kier alpha value is -2.43. The highest BCUT2D eigenvalue weighted by Crippen LogP contribution is 2.26. The lowest BCUT2D eigenvalue weighted by atomic mass is 9.96. The second-order valence-electron chi connectivity index (χ2n) is 6.56. The van der Waals surface area contributed by atoms with Gasteiger partial charge in [0.15, 0.2) is 0 Å². The maximum atomic E-state index is 12.8. The Morgan fingerprint density at radius 1 is 0.808 bits per heavy atom. The van der Waals surface area contributed by atoms with Gasteiger partial charge in [-0.15, -0.1) is 0 Å². The van der Waals surface area contributed by atoms with E-state index in [1.807, 2.05) is 92.7 Å². The molecule has 0 bridgehead atoms. The third-order valence-corrected chi connectivity index (χ3v) is 5.72. The zero-order valence-electron chi connectivity index (χ0n) is 15.0. The minimum absolute atomic E-state index is 0.0392. The highest BCUT2D eigenvalue weighted by atomic mass is 32.2. The van der Waals surface area contributed by atoms with E-state index >= 15 is 0 Å². The monoisotopic (exact) mass is 365 g/mol. The molecule has 0 aliphatic carbocycles. The van der Waals surface area contributed by atoms with E-state index in [0.29, 0.717) is 0 Å². The third kappa shape index (κ3) is 4.59. The second-order valence-corrected chi connectivity index (χ2v) is 8.32. The first-order valence-corrected chi connectivity index (χ1v) is 10.3. The lowest BCUT2D eigenvalue weighted by Gasteiger charge is -2.21. The molecule has 0 aliphatic heterocycles. The molecule has 1 N–H and O–H groups in total. The van der Waals surface area contributed by atoms with E-state index in [1.54, 1.807) is 0 Å². The number of hydrogen-bond donors (Lipinski definition) is 1. The topological polar surface area (TPSA) is 46.2 Å². The Bertz CT molecular complexity index is 965. The van der Waals surface area contributed by atoms with Crippen LogP contribution in [0.3, 0.4) is 0 Å². The summed E-state index contributed by atoms with van der Waals surface area (Å²) in [7, 11) is -3.51. The summed E-state index contributed by atoms with van der Waals surface area (Å²) in [6.45, 7) is 3.99. The molecule has 3 aromatic rings. The van der Waals surface area contributed by atoms with Crippen LogP contribution in [0, 0.1) is 13.8 Å². The molecule has 0 aromatic heterocycles. The smallest absolute Gasteiger partial charge is 0.212 e. The lowest BCUT2D eigenvalue weighted by Crippen LogP contribution is -2.31. The van der Waals surface area contributed by atoms with Gasteiger partial charge >= 0.3 is 0 Å². The molecule has 3 aromatic carbocycles. The molecule has 3 rings (SSSR count). The van der Waals surface area contributed by atoms with Crippen LogP contribution in [0.1, 0.15) is 33.9 Å². The van der Waals surface area contributed by atoms with Crippen LogP contribution in [0.25, 0.3) is 0 Å². The van der Waals surface area contributed by atoms with E-state index < -0.39 is 16.1 Å². The van der Waals surface area contributed by atoms with Crippen molar-refractivity contribution < 1.29 is 8.42 Å². The highest BCUT2D eigenvalue weighted by Gasteiger charge is 2.22. The van der Waals surface area contributed by atoms with Crippen molar-refractivity contribution in [2.24, 2.45) is 0 Å². The third-order valence-electron chi connectivity index (χ3n) is 4.41. The van der Waals surface area contributed by atoms with Crippen LogP contribution in [-0.2, 0) is 15.8 Å². The Labute approximate surface area is 155 Å². The Kier molecular flexibility index (Phi) is 5.55. The fourth-order valence-corrected chi connectivity index (χ4v) is 4.33. The summed E-state index contributed by atoms with van der Waals surface area (Å²) in [6, 6.07) is 24.7. The number of aryl methyl sites for hydroxylation is 2. The maximum absolute atomic E-state index is 12.8. The SMILES string of the molecule is Cc1ccc(CS(=O)(=O)N[C@@H](c2ccccc2)c2ccccc2C)cc1. The summed E-state index contributed by atoms with van der Waals surface area (Å²) in [5, 5.41) is 0. The first-order valence-electron chi connectivity index (χ1n) is 8.61. The average molecular weight is 365 g/mol. The Balaban J connectivity index is 1.92. The average Bonchev–Trinajstić information content (AvgIpc) is 2.63. The van der Waals surface area contributed by atoms with Gasteiger partial charge in [-0.1, -0.05) is 84.4 Å². The van der Waals surface area contributed by atoms with E-state index in [0.717, 1.165) is 27.8 Å². The highest BCUT2D eigenvalue weighted by molar-refractivity contribution is 7.88. The van der Waals surface area contributed by atoms with Gasteiger partial charge in [-0.2, -0.15) is 0 Å². The van der Waals surface area contributed by atoms with Crippen molar-refractivity contribution in [3.63, 3.8) is 0 Å². The summed E-state index contributed by atoms with van der Waals surface area (Å²) >= 11 is 0. The van der Waals surface area contributed by atoms with Gasteiger partial charge in [0.25, 0.3) is 0 Å². The van der Waals surface area contributed by atoms with E-state index in [1.165, 1.54) is 0 Å². The van der Waals surface area contributed by atoms with Crippen LogP contribution in [0.5, 0.6) is 0 Å². The molecular formula is C22H23NO2S. The minimum Gasteiger partial charge on any atom is -0.212 e. The normalized spacial score (nSPS) is 12.7. The number of hydrogen-bond acceptors (Lipinski definition) is 2. The summed E-state index contributed by atoms with van der Waals surface area (Å²) in [6.07, 6.45) is 0. The number of rotatable bonds is 6. The zero-order valence-corrected chi connectivity index (χ0v) is 15.8. The van der Waals surface area contributed by atoms with Gasteiger partial charge < -0.3 is 0 Å². The number of nitrogens with one attached hydrogen (secondary N) is 1. The summed E-state index contributed by atoms with van der Waals surface area (Å²) in [5.74, 6) is -0.0392. The first kappa shape index (κ1) is 18.4. The molecule has 0 fully saturated rings. The predicted octanol–water partition coefficient (Wildman–Crippen LogP) is 4.51. The van der Waals surface area contributed by atoms with Crippen LogP contribution >= 0.6 is 0 Å². The van der Waals surface area contributed by atoms with Gasteiger partial charge in [0.2, 0.25) is 10.0 Å². The fraction of sp³-hybridized carbons (Fsp3) is 0.182. The number of sulfonamides is 1. The van der Waals surface area contributed by atoms with Crippen molar-refractivity contribution in [2.75, 3.05) is 0 Å². The van der Waals surface area contributed by atoms with Crippen LogP contribution in [0.15, 0.2) is 78.9 Å². The van der Waals surface area contributed by atoms with Crippen molar-refractivity contribution in [1.82, 2.24) is 4.72 Å². The molecule has 134 valence electrons. The van der Waals surface area contributed by atoms with Crippen LogP contribution in [0.2, 0.25) is 0 Å². The first-order chi connectivity index (χ1) is 12.4. The van der Waals surface area contributed by atoms with E-state index in [2.05, 4.69) is 4.72 Å². The number of benzene rings is 3. The molecule has 0 amide bonds. The quantitative estimate of drug-likeness (QED) is 0.698. The summed E-state index contributed by atoms with van der Waals surface area (Å²) < 4.78 is 28.6. The van der Waals surface area contributed by atoms with Crippen LogP contribution in [0.4, 0.5) is 0 Å². The van der Waals surface area contributed by atoms with Crippen molar-refractivity contribution >= 4 is 10.0 Å². The van der Waals surface area contributed by atoms with Gasteiger partial charge in [-0.25, -0.2) is 13.1 Å². The maximum Gasteiger partial charge on any atom is 0.216 e. The van der Waals surface area contributed by atoms with Crippen molar-refractivity contribution in [2.45, 2.75) is 25.6 Å². The second kappa shape index (κ2) is 7.85.